The lowest BCUT2D eigenvalue weighted by molar-refractivity contribution is -0.122. The second-order valence-corrected chi connectivity index (χ2v) is 8.58. The Morgan fingerprint density at radius 2 is 1.68 bits per heavy atom. The van der Waals surface area contributed by atoms with Gasteiger partial charge in [-0.25, -0.2) is 0 Å². The summed E-state index contributed by atoms with van der Waals surface area (Å²) in [4.78, 5) is 32.6. The number of carbonyl (C=O) groups is 2. The standard InChI is InChI=1S/C26H28N4O.CH2O2/c1-20-17-27-11-10-25(20)28-12-5-13-29(15-14-28)26(31)21-8-4-9-24(16-21)30-18-22-6-2-3-7-23(22)19-30;2-1-3/h2-4,6-11,16-17H,5,12-15,18-19H2,1H3;1H,(H,2,3). The number of aryl methyl sites for hydroxylation is 1. The van der Waals surface area contributed by atoms with Crippen molar-refractivity contribution in [1.29, 1.82) is 0 Å². The van der Waals surface area contributed by atoms with E-state index in [4.69, 9.17) is 9.90 Å². The minimum atomic E-state index is -0.250. The Balaban J connectivity index is 0.000000868. The summed E-state index contributed by atoms with van der Waals surface area (Å²) in [6.07, 6.45) is 4.72. The van der Waals surface area contributed by atoms with Crippen LogP contribution < -0.4 is 9.80 Å². The van der Waals surface area contributed by atoms with Crippen molar-refractivity contribution in [3.63, 3.8) is 0 Å². The van der Waals surface area contributed by atoms with Crippen LogP contribution in [0.3, 0.4) is 0 Å². The highest BCUT2D eigenvalue weighted by Crippen LogP contribution is 2.29. The zero-order valence-corrected chi connectivity index (χ0v) is 19.4. The Kier molecular flexibility index (Phi) is 7.42. The molecule has 0 spiro atoms. The smallest absolute Gasteiger partial charge is 0.290 e. The molecule has 1 N–H and O–H groups in total. The second-order valence-electron chi connectivity index (χ2n) is 8.58. The zero-order chi connectivity index (χ0) is 23.9. The largest absolute Gasteiger partial charge is 0.483 e. The van der Waals surface area contributed by atoms with E-state index < -0.39 is 0 Å². The maximum atomic E-state index is 13.3. The summed E-state index contributed by atoms with van der Waals surface area (Å²) in [5.41, 5.74) is 7.05. The van der Waals surface area contributed by atoms with Crippen LogP contribution in [0.15, 0.2) is 67.0 Å². The fraction of sp³-hybridized carbons (Fsp3) is 0.296. The van der Waals surface area contributed by atoms with Crippen LogP contribution in [0.4, 0.5) is 11.4 Å². The Bertz CT molecular complexity index is 1120. The van der Waals surface area contributed by atoms with E-state index in [-0.39, 0.29) is 12.4 Å². The van der Waals surface area contributed by atoms with Gasteiger partial charge in [-0.15, -0.1) is 0 Å². The van der Waals surface area contributed by atoms with Gasteiger partial charge in [0.25, 0.3) is 12.4 Å². The molecule has 2 aliphatic heterocycles. The average Bonchev–Trinajstić information content (AvgIpc) is 3.15. The molecule has 0 bridgehead atoms. The number of pyridine rings is 1. The number of amides is 1. The van der Waals surface area contributed by atoms with E-state index in [1.807, 2.05) is 29.4 Å². The molecule has 5 rings (SSSR count). The maximum Gasteiger partial charge on any atom is 0.290 e. The van der Waals surface area contributed by atoms with Crippen LogP contribution in [0.5, 0.6) is 0 Å². The lowest BCUT2D eigenvalue weighted by atomic mass is 10.1. The first-order chi connectivity index (χ1) is 16.6. The van der Waals surface area contributed by atoms with Gasteiger partial charge in [-0.2, -0.15) is 0 Å². The van der Waals surface area contributed by atoms with Crippen LogP contribution in [0, 0.1) is 6.92 Å². The van der Waals surface area contributed by atoms with Gasteiger partial charge < -0.3 is 19.8 Å². The molecule has 0 atom stereocenters. The summed E-state index contributed by atoms with van der Waals surface area (Å²) >= 11 is 0. The summed E-state index contributed by atoms with van der Waals surface area (Å²) < 4.78 is 0. The molecule has 1 amide bonds. The number of carboxylic acid groups (broad SMARTS) is 1. The Morgan fingerprint density at radius 1 is 0.941 bits per heavy atom. The first kappa shape index (κ1) is 23.3. The molecule has 2 aromatic carbocycles. The molecule has 0 unspecified atom stereocenters. The first-order valence-corrected chi connectivity index (χ1v) is 11.5. The molecule has 7 heteroatoms. The Labute approximate surface area is 200 Å². The van der Waals surface area contributed by atoms with Gasteiger partial charge in [0.15, 0.2) is 0 Å². The Morgan fingerprint density at radius 3 is 2.38 bits per heavy atom. The maximum absolute atomic E-state index is 13.3. The van der Waals surface area contributed by atoms with Gasteiger partial charge in [0.05, 0.1) is 0 Å². The summed E-state index contributed by atoms with van der Waals surface area (Å²) in [7, 11) is 0. The summed E-state index contributed by atoms with van der Waals surface area (Å²) in [6.45, 7) is 6.98. The van der Waals surface area contributed by atoms with E-state index in [0.717, 1.165) is 56.9 Å². The van der Waals surface area contributed by atoms with Crippen molar-refractivity contribution in [3.05, 3.63) is 89.2 Å². The normalized spacial score (nSPS) is 15.1. The predicted octanol–water partition coefficient (Wildman–Crippen LogP) is 3.96. The number of anilines is 2. The van der Waals surface area contributed by atoms with Gasteiger partial charge in [-0.1, -0.05) is 30.3 Å². The SMILES string of the molecule is Cc1cnccc1N1CCCN(C(=O)c2cccc(N3Cc4ccccc4C3)c2)CC1.O=CO. The number of benzene rings is 2. The number of fused-ring (bicyclic) bond motifs is 1. The van der Waals surface area contributed by atoms with Gasteiger partial charge in [-0.05, 0) is 54.3 Å². The lowest BCUT2D eigenvalue weighted by Gasteiger charge is -2.25. The molecule has 2 aliphatic rings. The number of nitrogens with zero attached hydrogens (tertiary/aromatic N) is 4. The van der Waals surface area contributed by atoms with Crippen LogP contribution in [-0.2, 0) is 17.9 Å². The molecule has 3 heterocycles. The third-order valence-electron chi connectivity index (χ3n) is 6.41. The van der Waals surface area contributed by atoms with Crippen LogP contribution in [0.1, 0.15) is 33.5 Å². The van der Waals surface area contributed by atoms with Crippen LogP contribution in [-0.4, -0.2) is 53.5 Å². The highest BCUT2D eigenvalue weighted by molar-refractivity contribution is 5.95. The molecule has 1 saturated heterocycles. The number of carbonyl (C=O) groups excluding carboxylic acids is 1. The van der Waals surface area contributed by atoms with E-state index in [2.05, 4.69) is 64.2 Å². The van der Waals surface area contributed by atoms with Gasteiger partial charge in [0.1, 0.15) is 0 Å². The zero-order valence-electron chi connectivity index (χ0n) is 19.4. The van der Waals surface area contributed by atoms with Crippen molar-refractivity contribution < 1.29 is 14.7 Å². The molecule has 34 heavy (non-hydrogen) atoms. The third-order valence-corrected chi connectivity index (χ3v) is 6.41. The molecule has 0 aliphatic carbocycles. The minimum absolute atomic E-state index is 0.131. The van der Waals surface area contributed by atoms with E-state index in [9.17, 15) is 4.79 Å². The van der Waals surface area contributed by atoms with Crippen molar-refractivity contribution in [2.75, 3.05) is 36.0 Å². The van der Waals surface area contributed by atoms with Crippen molar-refractivity contribution >= 4 is 23.8 Å². The fourth-order valence-corrected chi connectivity index (χ4v) is 4.72. The average molecular weight is 459 g/mol. The molecule has 0 saturated carbocycles. The molecule has 7 nitrogen and oxygen atoms in total. The summed E-state index contributed by atoms with van der Waals surface area (Å²) in [6, 6.07) is 18.8. The topological polar surface area (TPSA) is 77.0 Å². The molecular weight excluding hydrogens is 428 g/mol. The van der Waals surface area contributed by atoms with Gasteiger partial charge in [0, 0.05) is 68.6 Å². The number of rotatable bonds is 3. The van der Waals surface area contributed by atoms with Crippen molar-refractivity contribution in [2.24, 2.45) is 0 Å². The molecule has 176 valence electrons. The molecule has 3 aromatic rings. The number of hydrogen-bond acceptors (Lipinski definition) is 5. The lowest BCUT2D eigenvalue weighted by Crippen LogP contribution is -2.35. The Hall–Kier alpha value is -3.87. The molecule has 1 fully saturated rings. The summed E-state index contributed by atoms with van der Waals surface area (Å²) in [5, 5.41) is 6.89. The van der Waals surface area contributed by atoms with Crippen LogP contribution >= 0.6 is 0 Å². The van der Waals surface area contributed by atoms with Crippen LogP contribution in [0.2, 0.25) is 0 Å². The second kappa shape index (κ2) is 10.8. The predicted molar refractivity (Wildman–Crippen MR) is 133 cm³/mol. The van der Waals surface area contributed by atoms with Crippen molar-refractivity contribution in [2.45, 2.75) is 26.4 Å². The van der Waals surface area contributed by atoms with Crippen molar-refractivity contribution in [1.82, 2.24) is 9.88 Å². The van der Waals surface area contributed by atoms with Crippen LogP contribution in [0.25, 0.3) is 0 Å². The molecular formula is C27H30N4O3. The summed E-state index contributed by atoms with van der Waals surface area (Å²) in [5.74, 6) is 0.131. The minimum Gasteiger partial charge on any atom is -0.483 e. The van der Waals surface area contributed by atoms with Gasteiger partial charge >= 0.3 is 0 Å². The van der Waals surface area contributed by atoms with E-state index >= 15 is 0 Å². The number of aromatic nitrogens is 1. The molecule has 0 radical (unpaired) electrons. The third kappa shape index (κ3) is 5.20. The number of hydrogen-bond donors (Lipinski definition) is 1. The van der Waals surface area contributed by atoms with Crippen molar-refractivity contribution in [3.8, 4) is 0 Å². The van der Waals surface area contributed by atoms with E-state index in [1.165, 1.54) is 22.4 Å². The van der Waals surface area contributed by atoms with Gasteiger partial charge in [-0.3, -0.25) is 14.6 Å². The monoisotopic (exact) mass is 458 g/mol. The quantitative estimate of drug-likeness (QED) is 0.599. The fourth-order valence-electron chi connectivity index (χ4n) is 4.72. The highest BCUT2D eigenvalue weighted by Gasteiger charge is 2.23. The van der Waals surface area contributed by atoms with E-state index in [1.54, 1.807) is 0 Å². The molecule has 1 aromatic heterocycles. The van der Waals surface area contributed by atoms with Gasteiger partial charge in [0.2, 0.25) is 0 Å². The first-order valence-electron chi connectivity index (χ1n) is 11.5. The highest BCUT2D eigenvalue weighted by atomic mass is 16.3. The van der Waals surface area contributed by atoms with E-state index in [0.29, 0.717) is 0 Å².